The second-order valence-corrected chi connectivity index (χ2v) is 4.37. The third-order valence-electron chi connectivity index (χ3n) is 2.78. The second kappa shape index (κ2) is 4.51. The summed E-state index contributed by atoms with van der Waals surface area (Å²) in [5.41, 5.74) is 6.95. The summed E-state index contributed by atoms with van der Waals surface area (Å²) in [6.45, 7) is 0.493. The molecule has 0 bridgehead atoms. The van der Waals surface area contributed by atoms with Crippen LogP contribution in [0.15, 0.2) is 23.0 Å². The molecule has 2 N–H and O–H groups in total. The lowest BCUT2D eigenvalue weighted by atomic mass is 10.3. The number of hydrogen-bond acceptors (Lipinski definition) is 5. The molecule has 2 heterocycles. The fourth-order valence-electron chi connectivity index (χ4n) is 1.89. The molecule has 1 aromatic carbocycles. The van der Waals surface area contributed by atoms with Crippen LogP contribution in [0.4, 0.5) is 10.3 Å². The van der Waals surface area contributed by atoms with Crippen LogP contribution in [-0.4, -0.2) is 19.7 Å². The lowest BCUT2D eigenvalue weighted by Gasteiger charge is -2.04. The third kappa shape index (κ3) is 2.12. The van der Waals surface area contributed by atoms with Gasteiger partial charge in [0.2, 0.25) is 11.8 Å². The molecule has 2 aromatic heterocycles. The van der Waals surface area contributed by atoms with Crippen molar-refractivity contribution in [3.8, 4) is 0 Å². The molecular weight excluding hydrogens is 273 g/mol. The summed E-state index contributed by atoms with van der Waals surface area (Å²) in [5.74, 6) is 0.265. The highest BCUT2D eigenvalue weighted by molar-refractivity contribution is 6.31. The van der Waals surface area contributed by atoms with E-state index in [1.54, 1.807) is 4.57 Å². The lowest BCUT2D eigenvalue weighted by molar-refractivity contribution is 0.372. The van der Waals surface area contributed by atoms with E-state index < -0.39 is 5.82 Å². The summed E-state index contributed by atoms with van der Waals surface area (Å²) >= 11 is 5.77. The molecule has 0 unspecified atom stereocenters. The van der Waals surface area contributed by atoms with Crippen molar-refractivity contribution in [1.82, 2.24) is 19.7 Å². The van der Waals surface area contributed by atoms with Crippen LogP contribution >= 0.6 is 11.6 Å². The van der Waals surface area contributed by atoms with Crippen LogP contribution in [0.3, 0.4) is 0 Å². The van der Waals surface area contributed by atoms with Crippen LogP contribution in [0.5, 0.6) is 0 Å². The van der Waals surface area contributed by atoms with Crippen LogP contribution in [0, 0.1) is 5.82 Å². The van der Waals surface area contributed by atoms with E-state index >= 15 is 0 Å². The molecule has 8 heteroatoms. The Bertz CT molecular complexity index is 724. The Morgan fingerprint density at radius 1 is 1.42 bits per heavy atom. The molecular formula is C11H9ClFN5O. The van der Waals surface area contributed by atoms with E-state index in [1.165, 1.54) is 18.5 Å². The minimum absolute atomic E-state index is 0.0337. The predicted octanol–water partition coefficient (Wildman–Crippen LogP) is 2.04. The maximum absolute atomic E-state index is 13.3. The highest BCUT2D eigenvalue weighted by Gasteiger charge is 2.12. The molecule has 0 aliphatic heterocycles. The van der Waals surface area contributed by atoms with Gasteiger partial charge in [-0.2, -0.15) is 4.98 Å². The molecule has 0 spiro atoms. The summed E-state index contributed by atoms with van der Waals surface area (Å²) in [5, 5.41) is 3.55. The van der Waals surface area contributed by atoms with Crippen molar-refractivity contribution in [3.63, 3.8) is 0 Å². The molecule has 3 rings (SSSR count). The van der Waals surface area contributed by atoms with E-state index in [1.807, 2.05) is 0 Å². The zero-order valence-corrected chi connectivity index (χ0v) is 10.4. The number of aryl methyl sites for hydroxylation is 2. The highest BCUT2D eigenvalue weighted by atomic mass is 35.5. The minimum Gasteiger partial charge on any atom is -0.369 e. The number of fused-ring (bicyclic) bond motifs is 1. The number of anilines is 1. The Morgan fingerprint density at radius 2 is 2.26 bits per heavy atom. The quantitative estimate of drug-likeness (QED) is 0.794. The van der Waals surface area contributed by atoms with E-state index in [4.69, 9.17) is 21.9 Å². The zero-order valence-electron chi connectivity index (χ0n) is 9.68. The second-order valence-electron chi connectivity index (χ2n) is 3.96. The first-order chi connectivity index (χ1) is 9.15. The Kier molecular flexibility index (Phi) is 2.83. The first-order valence-electron chi connectivity index (χ1n) is 5.51. The number of nitrogen functional groups attached to an aromatic ring is 1. The van der Waals surface area contributed by atoms with Crippen LogP contribution < -0.4 is 5.73 Å². The molecule has 0 aliphatic carbocycles. The minimum atomic E-state index is -0.518. The van der Waals surface area contributed by atoms with Gasteiger partial charge in [0.15, 0.2) is 6.33 Å². The van der Waals surface area contributed by atoms with Crippen LogP contribution in [0.2, 0.25) is 5.02 Å². The fraction of sp³-hybridized carbons (Fsp3) is 0.182. The zero-order chi connectivity index (χ0) is 13.4. The van der Waals surface area contributed by atoms with Crippen molar-refractivity contribution in [1.29, 1.82) is 0 Å². The van der Waals surface area contributed by atoms with Gasteiger partial charge in [0.25, 0.3) is 0 Å². The van der Waals surface area contributed by atoms with Crippen molar-refractivity contribution < 1.29 is 8.91 Å². The van der Waals surface area contributed by atoms with E-state index in [-0.39, 0.29) is 11.0 Å². The summed E-state index contributed by atoms with van der Waals surface area (Å²) < 4.78 is 20.0. The number of rotatable bonds is 3. The highest BCUT2D eigenvalue weighted by Crippen LogP contribution is 2.24. The number of halogens is 2. The van der Waals surface area contributed by atoms with Crippen molar-refractivity contribution in [2.75, 3.05) is 5.73 Å². The lowest BCUT2D eigenvalue weighted by Crippen LogP contribution is -2.05. The first kappa shape index (κ1) is 11.9. The topological polar surface area (TPSA) is 82.8 Å². The molecule has 0 saturated carbocycles. The largest absolute Gasteiger partial charge is 0.369 e. The Morgan fingerprint density at radius 3 is 3.00 bits per heavy atom. The van der Waals surface area contributed by atoms with Crippen LogP contribution in [0.1, 0.15) is 5.89 Å². The van der Waals surface area contributed by atoms with E-state index in [0.29, 0.717) is 29.9 Å². The van der Waals surface area contributed by atoms with Gasteiger partial charge < -0.3 is 14.8 Å². The molecule has 0 amide bonds. The average molecular weight is 282 g/mol. The summed E-state index contributed by atoms with van der Waals surface area (Å²) in [6, 6.07) is 2.76. The molecule has 98 valence electrons. The monoisotopic (exact) mass is 281 g/mol. The van der Waals surface area contributed by atoms with Gasteiger partial charge in [-0.05, 0) is 6.07 Å². The number of nitrogens with zero attached hydrogens (tertiary/aromatic N) is 4. The standard InChI is InChI=1S/C11H9ClFN5O/c12-6-3-9-8(4-7(6)13)17-11(14)18(9)2-1-10-15-5-16-19-10/h3-5H,1-2H2,(H2,14,17). The van der Waals surface area contributed by atoms with Crippen molar-refractivity contribution in [2.45, 2.75) is 13.0 Å². The maximum atomic E-state index is 13.3. The molecule has 0 atom stereocenters. The maximum Gasteiger partial charge on any atom is 0.228 e. The van der Waals surface area contributed by atoms with Crippen molar-refractivity contribution >= 4 is 28.6 Å². The number of hydrogen-bond donors (Lipinski definition) is 1. The molecule has 3 aromatic rings. The van der Waals surface area contributed by atoms with Gasteiger partial charge in [-0.25, -0.2) is 9.37 Å². The fourth-order valence-corrected chi connectivity index (χ4v) is 2.05. The molecule has 0 radical (unpaired) electrons. The molecule has 6 nitrogen and oxygen atoms in total. The van der Waals surface area contributed by atoms with Gasteiger partial charge >= 0.3 is 0 Å². The number of nitrogens with two attached hydrogens (primary N) is 1. The van der Waals surface area contributed by atoms with Crippen LogP contribution in [-0.2, 0) is 13.0 Å². The van der Waals surface area contributed by atoms with Gasteiger partial charge in [-0.15, -0.1) is 0 Å². The van der Waals surface area contributed by atoms with Gasteiger partial charge in [0.1, 0.15) is 5.82 Å². The van der Waals surface area contributed by atoms with E-state index in [0.717, 1.165) is 0 Å². The third-order valence-corrected chi connectivity index (χ3v) is 3.07. The Hall–Kier alpha value is -2.15. The first-order valence-corrected chi connectivity index (χ1v) is 5.89. The summed E-state index contributed by atoms with van der Waals surface area (Å²) in [4.78, 5) is 8.01. The molecule has 0 saturated heterocycles. The van der Waals surface area contributed by atoms with Gasteiger partial charge in [-0.3, -0.25) is 0 Å². The molecule has 19 heavy (non-hydrogen) atoms. The number of aromatic nitrogens is 4. The normalized spacial score (nSPS) is 11.3. The van der Waals surface area contributed by atoms with Gasteiger partial charge in [0.05, 0.1) is 16.1 Å². The smallest absolute Gasteiger partial charge is 0.228 e. The van der Waals surface area contributed by atoms with Gasteiger partial charge in [-0.1, -0.05) is 16.8 Å². The average Bonchev–Trinajstić information content (AvgIpc) is 2.96. The molecule has 0 fully saturated rings. The number of imidazole rings is 1. The van der Waals surface area contributed by atoms with Crippen molar-refractivity contribution in [2.24, 2.45) is 0 Å². The predicted molar refractivity (Wildman–Crippen MR) is 67.1 cm³/mol. The van der Waals surface area contributed by atoms with E-state index in [2.05, 4.69) is 15.1 Å². The summed E-state index contributed by atoms with van der Waals surface area (Å²) in [6.07, 6.45) is 1.83. The molecule has 0 aliphatic rings. The Balaban J connectivity index is 1.98. The number of benzene rings is 1. The SMILES string of the molecule is Nc1nc2cc(F)c(Cl)cc2n1CCc1ncno1. The Labute approximate surface area is 112 Å². The van der Waals surface area contributed by atoms with E-state index in [9.17, 15) is 4.39 Å². The van der Waals surface area contributed by atoms with Crippen LogP contribution in [0.25, 0.3) is 11.0 Å². The summed E-state index contributed by atoms with van der Waals surface area (Å²) in [7, 11) is 0. The van der Waals surface area contributed by atoms with Gasteiger partial charge in [0, 0.05) is 19.0 Å². The van der Waals surface area contributed by atoms with Crippen molar-refractivity contribution in [3.05, 3.63) is 35.2 Å².